The van der Waals surface area contributed by atoms with Gasteiger partial charge < -0.3 is 14.8 Å². The van der Waals surface area contributed by atoms with Gasteiger partial charge in [0.25, 0.3) is 0 Å². The van der Waals surface area contributed by atoms with Gasteiger partial charge in [0, 0.05) is 12.1 Å². The first-order chi connectivity index (χ1) is 9.76. The minimum absolute atomic E-state index is 0.549. The minimum Gasteiger partial charge on any atom is -0.497 e. The van der Waals surface area contributed by atoms with Crippen LogP contribution in [0, 0.1) is 5.92 Å². The van der Waals surface area contributed by atoms with E-state index < -0.39 is 0 Å². The average molecular weight is 277 g/mol. The molecule has 112 valence electrons. The number of hydrogen-bond donors (Lipinski definition) is 1. The maximum atomic E-state index is 5.44. The van der Waals surface area contributed by atoms with E-state index in [0.29, 0.717) is 6.04 Å². The van der Waals surface area contributed by atoms with E-state index in [4.69, 9.17) is 9.47 Å². The molecule has 0 amide bonds. The standard InChI is InChI=1S/C17H27NO2/c1-4-13-6-5-7-14(9-8-13)18-16-12-15(19-2)10-11-17(16)20-3/h10-14,18H,4-9H2,1-3H3. The highest BCUT2D eigenvalue weighted by Crippen LogP contribution is 2.32. The molecule has 2 unspecified atom stereocenters. The highest BCUT2D eigenvalue weighted by Gasteiger charge is 2.18. The van der Waals surface area contributed by atoms with E-state index in [1.165, 1.54) is 38.5 Å². The van der Waals surface area contributed by atoms with Crippen LogP contribution in [0.25, 0.3) is 0 Å². The summed E-state index contributed by atoms with van der Waals surface area (Å²) in [6, 6.07) is 6.48. The topological polar surface area (TPSA) is 30.5 Å². The molecular formula is C17H27NO2. The van der Waals surface area contributed by atoms with E-state index >= 15 is 0 Å². The molecule has 1 aliphatic rings. The predicted molar refractivity (Wildman–Crippen MR) is 83.8 cm³/mol. The SMILES string of the molecule is CCC1CCCC(Nc2cc(OC)ccc2OC)CC1. The molecule has 1 aromatic carbocycles. The lowest BCUT2D eigenvalue weighted by atomic mass is 9.98. The lowest BCUT2D eigenvalue weighted by Gasteiger charge is -2.20. The summed E-state index contributed by atoms with van der Waals surface area (Å²) in [4.78, 5) is 0. The number of methoxy groups -OCH3 is 2. The monoisotopic (exact) mass is 277 g/mol. The van der Waals surface area contributed by atoms with Crippen LogP contribution in [0.4, 0.5) is 5.69 Å². The van der Waals surface area contributed by atoms with Gasteiger partial charge in [-0.15, -0.1) is 0 Å². The molecule has 1 aromatic rings. The molecule has 0 spiro atoms. The van der Waals surface area contributed by atoms with Crippen molar-refractivity contribution in [3.8, 4) is 11.5 Å². The van der Waals surface area contributed by atoms with Crippen LogP contribution in [0.5, 0.6) is 11.5 Å². The summed E-state index contributed by atoms with van der Waals surface area (Å²) in [6.45, 7) is 2.31. The molecule has 0 radical (unpaired) electrons. The van der Waals surface area contributed by atoms with Gasteiger partial charge in [0.15, 0.2) is 0 Å². The van der Waals surface area contributed by atoms with Crippen LogP contribution in [-0.4, -0.2) is 20.3 Å². The Balaban J connectivity index is 2.04. The molecule has 3 heteroatoms. The molecule has 0 bridgehead atoms. The predicted octanol–water partition coefficient (Wildman–Crippen LogP) is 4.47. The molecule has 20 heavy (non-hydrogen) atoms. The Kier molecular flexibility index (Phi) is 5.57. The smallest absolute Gasteiger partial charge is 0.142 e. The van der Waals surface area contributed by atoms with Gasteiger partial charge in [0.1, 0.15) is 11.5 Å². The van der Waals surface area contributed by atoms with Crippen molar-refractivity contribution in [1.82, 2.24) is 0 Å². The molecular weight excluding hydrogens is 250 g/mol. The number of hydrogen-bond acceptors (Lipinski definition) is 3. The molecule has 1 saturated carbocycles. The van der Waals surface area contributed by atoms with Crippen molar-refractivity contribution in [2.24, 2.45) is 5.92 Å². The minimum atomic E-state index is 0.549. The molecule has 0 saturated heterocycles. The van der Waals surface area contributed by atoms with Crippen LogP contribution in [-0.2, 0) is 0 Å². The van der Waals surface area contributed by atoms with E-state index in [0.717, 1.165) is 23.1 Å². The number of anilines is 1. The van der Waals surface area contributed by atoms with Crippen molar-refractivity contribution in [3.05, 3.63) is 18.2 Å². The van der Waals surface area contributed by atoms with Crippen molar-refractivity contribution in [2.75, 3.05) is 19.5 Å². The van der Waals surface area contributed by atoms with Crippen LogP contribution >= 0.6 is 0 Å². The Morgan fingerprint density at radius 1 is 1.10 bits per heavy atom. The molecule has 0 aliphatic heterocycles. The molecule has 3 nitrogen and oxygen atoms in total. The second-order valence-electron chi connectivity index (χ2n) is 5.69. The van der Waals surface area contributed by atoms with Gasteiger partial charge in [-0.1, -0.05) is 26.2 Å². The summed E-state index contributed by atoms with van der Waals surface area (Å²) in [5.74, 6) is 2.67. The zero-order chi connectivity index (χ0) is 14.4. The fraction of sp³-hybridized carbons (Fsp3) is 0.647. The second-order valence-corrected chi connectivity index (χ2v) is 5.69. The second kappa shape index (κ2) is 7.41. The van der Waals surface area contributed by atoms with Gasteiger partial charge in [0.2, 0.25) is 0 Å². The number of ether oxygens (including phenoxy) is 2. The Morgan fingerprint density at radius 3 is 2.65 bits per heavy atom. The molecule has 1 aliphatic carbocycles. The van der Waals surface area contributed by atoms with E-state index in [1.807, 2.05) is 18.2 Å². The Hall–Kier alpha value is -1.38. The van der Waals surface area contributed by atoms with Gasteiger partial charge in [-0.3, -0.25) is 0 Å². The molecule has 0 aromatic heterocycles. The summed E-state index contributed by atoms with van der Waals surface area (Å²) in [6.07, 6.45) is 7.85. The zero-order valence-corrected chi connectivity index (χ0v) is 12.9. The quantitative estimate of drug-likeness (QED) is 0.805. The first kappa shape index (κ1) is 15.0. The maximum Gasteiger partial charge on any atom is 0.142 e. The van der Waals surface area contributed by atoms with E-state index in [1.54, 1.807) is 14.2 Å². The van der Waals surface area contributed by atoms with Crippen molar-refractivity contribution >= 4 is 5.69 Å². The molecule has 2 atom stereocenters. The molecule has 0 heterocycles. The third kappa shape index (κ3) is 3.81. The summed E-state index contributed by atoms with van der Waals surface area (Å²) < 4.78 is 10.7. The van der Waals surface area contributed by atoms with Crippen molar-refractivity contribution in [2.45, 2.75) is 51.5 Å². The van der Waals surface area contributed by atoms with E-state index in [2.05, 4.69) is 12.2 Å². The first-order valence-electron chi connectivity index (χ1n) is 7.75. The van der Waals surface area contributed by atoms with Crippen LogP contribution in [0.2, 0.25) is 0 Å². The molecule has 1 fully saturated rings. The first-order valence-corrected chi connectivity index (χ1v) is 7.75. The molecule has 1 N–H and O–H groups in total. The highest BCUT2D eigenvalue weighted by atomic mass is 16.5. The van der Waals surface area contributed by atoms with Gasteiger partial charge in [0.05, 0.1) is 19.9 Å². The van der Waals surface area contributed by atoms with Gasteiger partial charge in [-0.25, -0.2) is 0 Å². The summed E-state index contributed by atoms with van der Waals surface area (Å²) in [7, 11) is 3.41. The number of benzene rings is 1. The van der Waals surface area contributed by atoms with Gasteiger partial charge in [-0.05, 0) is 37.3 Å². The average Bonchev–Trinajstić information content (AvgIpc) is 2.72. The third-order valence-electron chi connectivity index (χ3n) is 4.43. The number of rotatable bonds is 5. The van der Waals surface area contributed by atoms with Crippen LogP contribution in [0.15, 0.2) is 18.2 Å². The Labute approximate surface area is 122 Å². The van der Waals surface area contributed by atoms with E-state index in [-0.39, 0.29) is 0 Å². The molecule has 2 rings (SSSR count). The lowest BCUT2D eigenvalue weighted by molar-refractivity contribution is 0.403. The zero-order valence-electron chi connectivity index (χ0n) is 12.9. The van der Waals surface area contributed by atoms with E-state index in [9.17, 15) is 0 Å². The highest BCUT2D eigenvalue weighted by molar-refractivity contribution is 5.60. The normalized spacial score (nSPS) is 22.9. The van der Waals surface area contributed by atoms with Crippen LogP contribution < -0.4 is 14.8 Å². The summed E-state index contributed by atoms with van der Waals surface area (Å²) >= 11 is 0. The Morgan fingerprint density at radius 2 is 1.95 bits per heavy atom. The van der Waals surface area contributed by atoms with Crippen LogP contribution in [0.3, 0.4) is 0 Å². The lowest BCUT2D eigenvalue weighted by Crippen LogP contribution is -2.19. The van der Waals surface area contributed by atoms with Crippen LogP contribution in [0.1, 0.15) is 45.4 Å². The Bertz CT molecular complexity index is 419. The fourth-order valence-electron chi connectivity index (χ4n) is 3.08. The largest absolute Gasteiger partial charge is 0.497 e. The van der Waals surface area contributed by atoms with Crippen molar-refractivity contribution < 1.29 is 9.47 Å². The summed E-state index contributed by atoms with van der Waals surface area (Å²) in [5, 5.41) is 3.65. The van der Waals surface area contributed by atoms with Gasteiger partial charge >= 0.3 is 0 Å². The van der Waals surface area contributed by atoms with Gasteiger partial charge in [-0.2, -0.15) is 0 Å². The third-order valence-corrected chi connectivity index (χ3v) is 4.43. The fourth-order valence-corrected chi connectivity index (χ4v) is 3.08. The van der Waals surface area contributed by atoms with Crippen molar-refractivity contribution in [1.29, 1.82) is 0 Å². The maximum absolute atomic E-state index is 5.44. The number of nitrogens with one attached hydrogen (secondary N) is 1. The van der Waals surface area contributed by atoms with Crippen molar-refractivity contribution in [3.63, 3.8) is 0 Å². The summed E-state index contributed by atoms with van der Waals surface area (Å²) in [5.41, 5.74) is 1.05.